The second-order valence-electron chi connectivity index (χ2n) is 5.86. The molecule has 0 spiro atoms. The van der Waals surface area contributed by atoms with Crippen molar-refractivity contribution in [3.63, 3.8) is 0 Å². The van der Waals surface area contributed by atoms with Gasteiger partial charge in [0.1, 0.15) is 17.9 Å². The Balaban J connectivity index is 1.70. The van der Waals surface area contributed by atoms with E-state index in [4.69, 9.17) is 4.74 Å². The number of ether oxygens (including phenoxy) is 1. The summed E-state index contributed by atoms with van der Waals surface area (Å²) < 4.78 is 7.36. The van der Waals surface area contributed by atoms with Gasteiger partial charge in [-0.15, -0.1) is 0 Å². The van der Waals surface area contributed by atoms with Crippen molar-refractivity contribution in [1.29, 1.82) is 0 Å². The number of nitrogens with zero attached hydrogens (tertiary/aromatic N) is 3. The van der Waals surface area contributed by atoms with E-state index in [1.54, 1.807) is 10.7 Å². The Kier molecular flexibility index (Phi) is 3.83. The number of carbonyl (C=O) groups excluding carboxylic acids is 1. The number of hydrogen-bond donors (Lipinski definition) is 1. The van der Waals surface area contributed by atoms with Crippen molar-refractivity contribution in [2.24, 2.45) is 0 Å². The fraction of sp³-hybridized carbons (Fsp3) is 0.438. The van der Waals surface area contributed by atoms with Crippen molar-refractivity contribution in [3.05, 3.63) is 41.5 Å². The Morgan fingerprint density at radius 3 is 3.09 bits per heavy atom. The highest BCUT2D eigenvalue weighted by Gasteiger charge is 2.21. The molecule has 2 aromatic rings. The zero-order chi connectivity index (χ0) is 15.7. The van der Waals surface area contributed by atoms with Crippen LogP contribution in [0.3, 0.4) is 0 Å². The Bertz CT molecular complexity index is 693. The first kappa shape index (κ1) is 14.6. The fourth-order valence-corrected chi connectivity index (χ4v) is 2.60. The van der Waals surface area contributed by atoms with Crippen LogP contribution >= 0.6 is 0 Å². The van der Waals surface area contributed by atoms with E-state index in [0.29, 0.717) is 24.6 Å². The van der Waals surface area contributed by atoms with Crippen LogP contribution in [0.15, 0.2) is 24.5 Å². The SMILES string of the molecule is CC1COc2ccc(C(=O)NCc3ncnn3C(C)C)cc21. The van der Waals surface area contributed by atoms with E-state index in [1.807, 2.05) is 26.0 Å². The molecule has 0 fully saturated rings. The zero-order valence-corrected chi connectivity index (χ0v) is 13.0. The standard InChI is InChI=1S/C16H20N4O2/c1-10(2)20-15(18-9-19-20)7-17-16(21)12-4-5-14-13(6-12)11(3)8-22-14/h4-6,9-11H,7-8H2,1-3H3,(H,17,21). The van der Waals surface area contributed by atoms with E-state index in [2.05, 4.69) is 22.3 Å². The number of carbonyl (C=O) groups is 1. The number of rotatable bonds is 4. The molecule has 1 atom stereocenters. The van der Waals surface area contributed by atoms with Crippen LogP contribution in [-0.4, -0.2) is 27.3 Å². The van der Waals surface area contributed by atoms with Gasteiger partial charge in [-0.05, 0) is 32.0 Å². The van der Waals surface area contributed by atoms with Crippen molar-refractivity contribution in [3.8, 4) is 5.75 Å². The van der Waals surface area contributed by atoms with Crippen LogP contribution in [0.5, 0.6) is 5.75 Å². The molecule has 1 aromatic carbocycles. The summed E-state index contributed by atoms with van der Waals surface area (Å²) in [7, 11) is 0. The molecule has 0 saturated carbocycles. The Morgan fingerprint density at radius 1 is 1.50 bits per heavy atom. The van der Waals surface area contributed by atoms with E-state index in [0.717, 1.165) is 17.1 Å². The van der Waals surface area contributed by atoms with Crippen LogP contribution in [0.2, 0.25) is 0 Å². The molecule has 2 heterocycles. The first-order chi connectivity index (χ1) is 10.6. The lowest BCUT2D eigenvalue weighted by molar-refractivity contribution is 0.0949. The third kappa shape index (κ3) is 2.68. The van der Waals surface area contributed by atoms with Crippen molar-refractivity contribution in [2.45, 2.75) is 39.3 Å². The molecule has 22 heavy (non-hydrogen) atoms. The molecule has 3 rings (SSSR count). The van der Waals surface area contributed by atoms with Gasteiger partial charge in [0.25, 0.3) is 5.91 Å². The van der Waals surface area contributed by atoms with Gasteiger partial charge >= 0.3 is 0 Å². The lowest BCUT2D eigenvalue weighted by Crippen LogP contribution is -2.25. The molecule has 116 valence electrons. The second kappa shape index (κ2) is 5.79. The molecule has 1 N–H and O–H groups in total. The molecule has 0 saturated heterocycles. The van der Waals surface area contributed by atoms with Gasteiger partial charge in [-0.25, -0.2) is 9.67 Å². The average Bonchev–Trinajstić information content (AvgIpc) is 3.11. The van der Waals surface area contributed by atoms with Gasteiger partial charge in [0, 0.05) is 23.1 Å². The largest absolute Gasteiger partial charge is 0.493 e. The number of amides is 1. The molecule has 1 aliphatic rings. The third-order valence-corrected chi connectivity index (χ3v) is 3.84. The summed E-state index contributed by atoms with van der Waals surface area (Å²) in [5, 5.41) is 7.06. The molecule has 0 aliphatic carbocycles. The maximum absolute atomic E-state index is 12.3. The van der Waals surface area contributed by atoms with Gasteiger partial charge < -0.3 is 10.1 Å². The van der Waals surface area contributed by atoms with Gasteiger partial charge in [-0.3, -0.25) is 4.79 Å². The van der Waals surface area contributed by atoms with Gasteiger partial charge in [0.05, 0.1) is 13.2 Å². The Hall–Kier alpha value is -2.37. The number of fused-ring (bicyclic) bond motifs is 1. The van der Waals surface area contributed by atoms with E-state index in [-0.39, 0.29) is 11.9 Å². The molecule has 1 aromatic heterocycles. The summed E-state index contributed by atoms with van der Waals surface area (Å²) in [6, 6.07) is 5.78. The summed E-state index contributed by atoms with van der Waals surface area (Å²) in [6.45, 7) is 7.19. The summed E-state index contributed by atoms with van der Waals surface area (Å²) in [4.78, 5) is 16.5. The minimum Gasteiger partial charge on any atom is -0.493 e. The molecule has 0 radical (unpaired) electrons. The molecule has 1 amide bonds. The number of benzene rings is 1. The predicted octanol–water partition coefficient (Wildman–Crippen LogP) is 2.28. The van der Waals surface area contributed by atoms with Crippen LogP contribution in [-0.2, 0) is 6.54 Å². The first-order valence-electron chi connectivity index (χ1n) is 7.49. The molecule has 1 unspecified atom stereocenters. The zero-order valence-electron chi connectivity index (χ0n) is 13.0. The normalized spacial score (nSPS) is 16.5. The highest BCUT2D eigenvalue weighted by molar-refractivity contribution is 5.94. The smallest absolute Gasteiger partial charge is 0.251 e. The lowest BCUT2D eigenvalue weighted by atomic mass is 10.0. The summed E-state index contributed by atoms with van der Waals surface area (Å²) >= 11 is 0. The monoisotopic (exact) mass is 300 g/mol. The number of aromatic nitrogens is 3. The van der Waals surface area contributed by atoms with Crippen molar-refractivity contribution >= 4 is 5.91 Å². The molecular formula is C16H20N4O2. The minimum absolute atomic E-state index is 0.111. The fourth-order valence-electron chi connectivity index (χ4n) is 2.60. The molecular weight excluding hydrogens is 280 g/mol. The summed E-state index contributed by atoms with van der Waals surface area (Å²) in [5.74, 6) is 1.84. The highest BCUT2D eigenvalue weighted by Crippen LogP contribution is 2.33. The van der Waals surface area contributed by atoms with Crippen LogP contribution in [0.1, 0.15) is 54.5 Å². The van der Waals surface area contributed by atoms with Crippen LogP contribution in [0, 0.1) is 0 Å². The van der Waals surface area contributed by atoms with E-state index >= 15 is 0 Å². The maximum atomic E-state index is 12.3. The molecule has 6 heteroatoms. The van der Waals surface area contributed by atoms with Crippen molar-refractivity contribution in [1.82, 2.24) is 20.1 Å². The summed E-state index contributed by atoms with van der Waals surface area (Å²) in [5.41, 5.74) is 1.74. The van der Waals surface area contributed by atoms with E-state index in [9.17, 15) is 4.79 Å². The van der Waals surface area contributed by atoms with Crippen LogP contribution in [0.4, 0.5) is 0 Å². The topological polar surface area (TPSA) is 69.0 Å². The average molecular weight is 300 g/mol. The number of nitrogens with one attached hydrogen (secondary N) is 1. The molecule has 1 aliphatic heterocycles. The molecule has 0 bridgehead atoms. The lowest BCUT2D eigenvalue weighted by Gasteiger charge is -2.10. The van der Waals surface area contributed by atoms with Gasteiger partial charge in [0.15, 0.2) is 0 Å². The predicted molar refractivity (Wildman–Crippen MR) is 81.9 cm³/mol. The quantitative estimate of drug-likeness (QED) is 0.940. The van der Waals surface area contributed by atoms with Crippen LogP contribution < -0.4 is 10.1 Å². The molecule has 6 nitrogen and oxygen atoms in total. The van der Waals surface area contributed by atoms with Gasteiger partial charge in [-0.2, -0.15) is 5.10 Å². The van der Waals surface area contributed by atoms with Crippen LogP contribution in [0.25, 0.3) is 0 Å². The maximum Gasteiger partial charge on any atom is 0.251 e. The third-order valence-electron chi connectivity index (χ3n) is 3.84. The van der Waals surface area contributed by atoms with Crippen molar-refractivity contribution in [2.75, 3.05) is 6.61 Å². The Morgan fingerprint density at radius 2 is 2.32 bits per heavy atom. The Labute approximate surface area is 129 Å². The summed E-state index contributed by atoms with van der Waals surface area (Å²) in [6.07, 6.45) is 1.51. The van der Waals surface area contributed by atoms with E-state index < -0.39 is 0 Å². The minimum atomic E-state index is -0.111. The van der Waals surface area contributed by atoms with Gasteiger partial charge in [-0.1, -0.05) is 6.92 Å². The number of hydrogen-bond acceptors (Lipinski definition) is 4. The van der Waals surface area contributed by atoms with Crippen molar-refractivity contribution < 1.29 is 9.53 Å². The highest BCUT2D eigenvalue weighted by atomic mass is 16.5. The van der Waals surface area contributed by atoms with E-state index in [1.165, 1.54) is 6.33 Å². The van der Waals surface area contributed by atoms with Gasteiger partial charge in [0.2, 0.25) is 0 Å². The first-order valence-corrected chi connectivity index (χ1v) is 7.49. The second-order valence-corrected chi connectivity index (χ2v) is 5.86.